The van der Waals surface area contributed by atoms with Crippen molar-refractivity contribution in [2.75, 3.05) is 26.7 Å². The minimum absolute atomic E-state index is 0.678. The third-order valence-corrected chi connectivity index (χ3v) is 4.47. The van der Waals surface area contributed by atoms with Crippen LogP contribution in [-0.4, -0.2) is 37.6 Å². The predicted octanol–water partition coefficient (Wildman–Crippen LogP) is 2.98. The van der Waals surface area contributed by atoms with Crippen molar-refractivity contribution < 1.29 is 0 Å². The van der Waals surface area contributed by atoms with Gasteiger partial charge in [-0.05, 0) is 43.1 Å². The molecule has 1 saturated heterocycles. The highest BCUT2D eigenvalue weighted by Crippen LogP contribution is 2.19. The number of fused-ring (bicyclic) bond motifs is 1. The number of rotatable bonds is 3. The topological polar surface area (TPSA) is 15.3 Å². The molecule has 0 aromatic heterocycles. The molecule has 106 valence electrons. The van der Waals surface area contributed by atoms with Crippen LogP contribution >= 0.6 is 0 Å². The molecule has 0 aliphatic carbocycles. The number of aryl methyl sites for hydroxylation is 2. The molecular weight excluding hydrogens is 244 g/mol. The predicted molar refractivity (Wildman–Crippen MR) is 86.3 cm³/mol. The van der Waals surface area contributed by atoms with Crippen LogP contribution in [0.2, 0.25) is 0 Å². The van der Waals surface area contributed by atoms with Crippen LogP contribution in [0.4, 0.5) is 0 Å². The second-order valence-corrected chi connectivity index (χ2v) is 6.06. The molecule has 2 aromatic carbocycles. The van der Waals surface area contributed by atoms with Crippen molar-refractivity contribution in [3.63, 3.8) is 0 Å². The number of likely N-dealkylation sites (N-methyl/N-ethyl adjacent to an activating group) is 1. The molecule has 0 radical (unpaired) electrons. The number of piperazine rings is 1. The van der Waals surface area contributed by atoms with Crippen molar-refractivity contribution >= 4 is 10.8 Å². The fourth-order valence-corrected chi connectivity index (χ4v) is 3.09. The van der Waals surface area contributed by atoms with Gasteiger partial charge in [0.25, 0.3) is 0 Å². The number of hydrogen-bond acceptors (Lipinski definition) is 2. The molecular formula is C18H24N2. The lowest BCUT2D eigenvalue weighted by Gasteiger charge is -2.33. The molecule has 0 saturated carbocycles. The van der Waals surface area contributed by atoms with Crippen molar-refractivity contribution in [3.8, 4) is 0 Å². The Morgan fingerprint density at radius 3 is 2.80 bits per heavy atom. The first-order chi connectivity index (χ1) is 9.72. The van der Waals surface area contributed by atoms with E-state index in [9.17, 15) is 0 Å². The van der Waals surface area contributed by atoms with Gasteiger partial charge in [-0.2, -0.15) is 0 Å². The first-order valence-electron chi connectivity index (χ1n) is 7.62. The summed E-state index contributed by atoms with van der Waals surface area (Å²) in [5.41, 5.74) is 2.79. The van der Waals surface area contributed by atoms with E-state index in [1.807, 2.05) is 0 Å². The standard InChI is InChI=1S/C18H24N2/c1-14-3-6-17-12-15(4-7-16(17)11-14)5-8-18-13-19-9-10-20(18)2/h3-4,6-7,11-12,18-19H,5,8-10,13H2,1-2H3. The Balaban J connectivity index is 1.69. The highest BCUT2D eigenvalue weighted by molar-refractivity contribution is 5.83. The first kappa shape index (κ1) is 13.6. The van der Waals surface area contributed by atoms with Crippen LogP contribution in [0.3, 0.4) is 0 Å². The molecule has 1 aliphatic rings. The van der Waals surface area contributed by atoms with E-state index in [-0.39, 0.29) is 0 Å². The highest BCUT2D eigenvalue weighted by atomic mass is 15.2. The van der Waals surface area contributed by atoms with Gasteiger partial charge in [-0.1, -0.05) is 42.0 Å². The zero-order valence-electron chi connectivity index (χ0n) is 12.5. The number of benzene rings is 2. The molecule has 2 nitrogen and oxygen atoms in total. The molecule has 2 heteroatoms. The summed E-state index contributed by atoms with van der Waals surface area (Å²) in [5, 5.41) is 6.21. The Bertz CT molecular complexity index is 591. The van der Waals surface area contributed by atoms with E-state index in [2.05, 4.69) is 60.6 Å². The lowest BCUT2D eigenvalue weighted by atomic mass is 9.99. The van der Waals surface area contributed by atoms with E-state index in [0.29, 0.717) is 6.04 Å². The smallest absolute Gasteiger partial charge is 0.0221 e. The Morgan fingerprint density at radius 2 is 1.95 bits per heavy atom. The highest BCUT2D eigenvalue weighted by Gasteiger charge is 2.17. The van der Waals surface area contributed by atoms with Gasteiger partial charge in [-0.15, -0.1) is 0 Å². The zero-order chi connectivity index (χ0) is 13.9. The maximum atomic E-state index is 3.50. The summed E-state index contributed by atoms with van der Waals surface area (Å²) < 4.78 is 0. The molecule has 0 spiro atoms. The van der Waals surface area contributed by atoms with Crippen molar-refractivity contribution in [2.45, 2.75) is 25.8 Å². The quantitative estimate of drug-likeness (QED) is 0.920. The lowest BCUT2D eigenvalue weighted by molar-refractivity contribution is 0.191. The maximum Gasteiger partial charge on any atom is 0.0221 e. The summed E-state index contributed by atoms with van der Waals surface area (Å²) >= 11 is 0. The van der Waals surface area contributed by atoms with Crippen molar-refractivity contribution in [1.29, 1.82) is 0 Å². The molecule has 1 atom stereocenters. The van der Waals surface area contributed by atoms with Crippen molar-refractivity contribution in [1.82, 2.24) is 10.2 Å². The van der Waals surface area contributed by atoms with Gasteiger partial charge in [0, 0.05) is 25.7 Å². The van der Waals surface area contributed by atoms with Gasteiger partial charge in [0.1, 0.15) is 0 Å². The molecule has 1 heterocycles. The third-order valence-electron chi connectivity index (χ3n) is 4.47. The molecule has 20 heavy (non-hydrogen) atoms. The SMILES string of the molecule is Cc1ccc2cc(CCC3CNCCN3C)ccc2c1. The average Bonchev–Trinajstić information content (AvgIpc) is 2.46. The molecule has 0 bridgehead atoms. The van der Waals surface area contributed by atoms with Crippen LogP contribution in [0.1, 0.15) is 17.5 Å². The summed E-state index contributed by atoms with van der Waals surface area (Å²) in [4.78, 5) is 2.49. The Hall–Kier alpha value is -1.38. The third kappa shape index (κ3) is 3.02. The van der Waals surface area contributed by atoms with Crippen LogP contribution in [-0.2, 0) is 6.42 Å². The van der Waals surface area contributed by atoms with E-state index in [1.165, 1.54) is 41.3 Å². The summed E-state index contributed by atoms with van der Waals surface area (Å²) in [6.07, 6.45) is 2.40. The summed E-state index contributed by atoms with van der Waals surface area (Å²) in [6, 6.07) is 14.3. The van der Waals surface area contributed by atoms with Gasteiger partial charge in [0.15, 0.2) is 0 Å². The second-order valence-electron chi connectivity index (χ2n) is 6.06. The summed E-state index contributed by atoms with van der Waals surface area (Å²) in [7, 11) is 2.24. The van der Waals surface area contributed by atoms with Crippen LogP contribution in [0.15, 0.2) is 36.4 Å². The fourth-order valence-electron chi connectivity index (χ4n) is 3.09. The molecule has 1 aliphatic heterocycles. The second kappa shape index (κ2) is 5.94. The Morgan fingerprint density at radius 1 is 1.15 bits per heavy atom. The van der Waals surface area contributed by atoms with Gasteiger partial charge >= 0.3 is 0 Å². The lowest BCUT2D eigenvalue weighted by Crippen LogP contribution is -2.49. The molecule has 1 N–H and O–H groups in total. The summed E-state index contributed by atoms with van der Waals surface area (Å²) in [5.74, 6) is 0. The zero-order valence-corrected chi connectivity index (χ0v) is 12.5. The van der Waals surface area contributed by atoms with Crippen LogP contribution in [0.5, 0.6) is 0 Å². The molecule has 0 amide bonds. The van der Waals surface area contributed by atoms with E-state index >= 15 is 0 Å². The Kier molecular flexibility index (Phi) is 4.04. The maximum absolute atomic E-state index is 3.50. The largest absolute Gasteiger partial charge is 0.314 e. The Labute approximate surface area is 121 Å². The van der Waals surface area contributed by atoms with E-state index < -0.39 is 0 Å². The van der Waals surface area contributed by atoms with Gasteiger partial charge < -0.3 is 10.2 Å². The number of hydrogen-bond donors (Lipinski definition) is 1. The van der Waals surface area contributed by atoms with E-state index in [4.69, 9.17) is 0 Å². The van der Waals surface area contributed by atoms with E-state index in [1.54, 1.807) is 0 Å². The number of nitrogens with one attached hydrogen (secondary N) is 1. The van der Waals surface area contributed by atoms with Crippen LogP contribution in [0.25, 0.3) is 10.8 Å². The molecule has 1 fully saturated rings. The fraction of sp³-hybridized carbons (Fsp3) is 0.444. The van der Waals surface area contributed by atoms with Crippen LogP contribution in [0, 0.1) is 6.92 Å². The van der Waals surface area contributed by atoms with Gasteiger partial charge in [-0.25, -0.2) is 0 Å². The van der Waals surface area contributed by atoms with Gasteiger partial charge in [0.05, 0.1) is 0 Å². The first-order valence-corrected chi connectivity index (χ1v) is 7.62. The molecule has 2 aromatic rings. The van der Waals surface area contributed by atoms with E-state index in [0.717, 1.165) is 13.1 Å². The van der Waals surface area contributed by atoms with Gasteiger partial charge in [0.2, 0.25) is 0 Å². The summed E-state index contributed by atoms with van der Waals surface area (Å²) in [6.45, 7) is 5.58. The minimum atomic E-state index is 0.678. The van der Waals surface area contributed by atoms with Crippen molar-refractivity contribution in [3.05, 3.63) is 47.5 Å². The molecule has 3 rings (SSSR count). The number of nitrogens with zero attached hydrogens (tertiary/aromatic N) is 1. The van der Waals surface area contributed by atoms with Crippen LogP contribution < -0.4 is 5.32 Å². The average molecular weight is 268 g/mol. The normalized spacial score (nSPS) is 20.4. The minimum Gasteiger partial charge on any atom is -0.314 e. The van der Waals surface area contributed by atoms with Gasteiger partial charge in [-0.3, -0.25) is 0 Å². The monoisotopic (exact) mass is 268 g/mol. The van der Waals surface area contributed by atoms with Crippen molar-refractivity contribution in [2.24, 2.45) is 0 Å². The molecule has 1 unspecified atom stereocenters.